The molecule has 0 spiro atoms. The third-order valence-corrected chi connectivity index (χ3v) is 3.30. The van der Waals surface area contributed by atoms with Crippen molar-refractivity contribution >= 4 is 11.6 Å². The van der Waals surface area contributed by atoms with Crippen molar-refractivity contribution in [1.82, 2.24) is 0 Å². The predicted octanol–water partition coefficient (Wildman–Crippen LogP) is 4.88. The summed E-state index contributed by atoms with van der Waals surface area (Å²) < 4.78 is 25.8. The molecule has 0 aliphatic carbocycles. The smallest absolute Gasteiger partial charge is 0.159 e. The van der Waals surface area contributed by atoms with E-state index in [1.54, 1.807) is 6.07 Å². The van der Waals surface area contributed by atoms with Gasteiger partial charge in [0, 0.05) is 0 Å². The normalized spacial score (nSPS) is 12.4. The highest BCUT2D eigenvalue weighted by atomic mass is 35.5. The Balaban J connectivity index is 1.97. The SMILES string of the molecule is Fc1ccc(CCC(Cl)c2ccccc2)cc1F. The van der Waals surface area contributed by atoms with E-state index in [0.29, 0.717) is 12.8 Å². The van der Waals surface area contributed by atoms with Gasteiger partial charge in [-0.25, -0.2) is 8.78 Å². The number of aryl methyl sites for hydroxylation is 1. The van der Waals surface area contributed by atoms with Crippen LogP contribution < -0.4 is 0 Å². The Morgan fingerprint density at radius 1 is 0.944 bits per heavy atom. The van der Waals surface area contributed by atoms with Gasteiger partial charge in [0.2, 0.25) is 0 Å². The Morgan fingerprint density at radius 3 is 2.33 bits per heavy atom. The van der Waals surface area contributed by atoms with Gasteiger partial charge in [-0.05, 0) is 36.1 Å². The van der Waals surface area contributed by atoms with E-state index in [2.05, 4.69) is 0 Å². The van der Waals surface area contributed by atoms with Gasteiger partial charge < -0.3 is 0 Å². The first-order valence-electron chi connectivity index (χ1n) is 5.80. The number of halogens is 3. The highest BCUT2D eigenvalue weighted by molar-refractivity contribution is 6.20. The van der Waals surface area contributed by atoms with Gasteiger partial charge in [0.15, 0.2) is 11.6 Å². The third kappa shape index (κ3) is 3.30. The van der Waals surface area contributed by atoms with Gasteiger partial charge in [-0.3, -0.25) is 0 Å². The minimum absolute atomic E-state index is 0.112. The molecule has 2 rings (SSSR count). The molecule has 18 heavy (non-hydrogen) atoms. The second-order valence-electron chi connectivity index (χ2n) is 4.17. The molecule has 1 atom stereocenters. The van der Waals surface area contributed by atoms with Crippen molar-refractivity contribution in [3.05, 3.63) is 71.3 Å². The summed E-state index contributed by atoms with van der Waals surface area (Å²) in [5, 5.41) is -0.112. The second-order valence-corrected chi connectivity index (χ2v) is 4.69. The Bertz CT molecular complexity index is 511. The van der Waals surface area contributed by atoms with E-state index in [1.807, 2.05) is 30.3 Å². The lowest BCUT2D eigenvalue weighted by atomic mass is 10.0. The van der Waals surface area contributed by atoms with Crippen molar-refractivity contribution in [1.29, 1.82) is 0 Å². The molecule has 0 radical (unpaired) electrons. The van der Waals surface area contributed by atoms with Crippen molar-refractivity contribution < 1.29 is 8.78 Å². The van der Waals surface area contributed by atoms with Crippen molar-refractivity contribution in [3.8, 4) is 0 Å². The van der Waals surface area contributed by atoms with E-state index < -0.39 is 11.6 Å². The van der Waals surface area contributed by atoms with Gasteiger partial charge in [-0.1, -0.05) is 36.4 Å². The number of rotatable bonds is 4. The zero-order valence-corrected chi connectivity index (χ0v) is 10.5. The van der Waals surface area contributed by atoms with Crippen molar-refractivity contribution in [2.75, 3.05) is 0 Å². The Labute approximate surface area is 110 Å². The molecule has 94 valence electrons. The molecule has 0 aliphatic heterocycles. The maximum absolute atomic E-state index is 13.0. The van der Waals surface area contributed by atoms with Crippen LogP contribution in [-0.2, 0) is 6.42 Å². The van der Waals surface area contributed by atoms with Crippen LogP contribution in [0.2, 0.25) is 0 Å². The minimum Gasteiger partial charge on any atom is -0.204 e. The van der Waals surface area contributed by atoms with Crippen molar-refractivity contribution in [2.45, 2.75) is 18.2 Å². The van der Waals surface area contributed by atoms with E-state index in [4.69, 9.17) is 11.6 Å². The fourth-order valence-corrected chi connectivity index (χ4v) is 2.07. The highest BCUT2D eigenvalue weighted by Gasteiger charge is 2.08. The van der Waals surface area contributed by atoms with Gasteiger partial charge in [-0.2, -0.15) is 0 Å². The fourth-order valence-electron chi connectivity index (χ4n) is 1.82. The van der Waals surface area contributed by atoms with Crippen LogP contribution in [0, 0.1) is 11.6 Å². The molecule has 0 amide bonds. The highest BCUT2D eigenvalue weighted by Crippen LogP contribution is 2.25. The maximum atomic E-state index is 13.0. The lowest BCUT2D eigenvalue weighted by Gasteiger charge is -2.09. The first kappa shape index (κ1) is 13.0. The summed E-state index contributed by atoms with van der Waals surface area (Å²) in [5.74, 6) is -1.62. The molecule has 0 N–H and O–H groups in total. The van der Waals surface area contributed by atoms with Gasteiger partial charge in [0.25, 0.3) is 0 Å². The van der Waals surface area contributed by atoms with Crippen LogP contribution in [0.5, 0.6) is 0 Å². The summed E-state index contributed by atoms with van der Waals surface area (Å²) in [4.78, 5) is 0. The van der Waals surface area contributed by atoms with Crippen LogP contribution in [-0.4, -0.2) is 0 Å². The van der Waals surface area contributed by atoms with Crippen LogP contribution >= 0.6 is 11.6 Å². The first-order chi connectivity index (χ1) is 8.66. The Kier molecular flexibility index (Phi) is 4.32. The molecule has 3 heteroatoms. The first-order valence-corrected chi connectivity index (χ1v) is 6.23. The minimum atomic E-state index is -0.816. The summed E-state index contributed by atoms with van der Waals surface area (Å²) in [5.41, 5.74) is 1.80. The zero-order chi connectivity index (χ0) is 13.0. The average Bonchev–Trinajstić information content (AvgIpc) is 2.41. The molecular weight excluding hydrogens is 254 g/mol. The molecule has 2 aromatic rings. The number of alkyl halides is 1. The van der Waals surface area contributed by atoms with E-state index in [1.165, 1.54) is 6.07 Å². The van der Waals surface area contributed by atoms with Crippen LogP contribution in [0.1, 0.15) is 22.9 Å². The molecule has 0 aromatic heterocycles. The van der Waals surface area contributed by atoms with Crippen LogP contribution in [0.25, 0.3) is 0 Å². The molecule has 0 bridgehead atoms. The van der Waals surface area contributed by atoms with Gasteiger partial charge >= 0.3 is 0 Å². The monoisotopic (exact) mass is 266 g/mol. The molecule has 0 fully saturated rings. The van der Waals surface area contributed by atoms with Crippen molar-refractivity contribution in [2.24, 2.45) is 0 Å². The quantitative estimate of drug-likeness (QED) is 0.692. The largest absolute Gasteiger partial charge is 0.204 e. The fraction of sp³-hybridized carbons (Fsp3) is 0.200. The molecule has 0 saturated heterocycles. The molecule has 0 nitrogen and oxygen atoms in total. The van der Waals surface area contributed by atoms with Gasteiger partial charge in [0.1, 0.15) is 0 Å². The molecule has 1 unspecified atom stereocenters. The number of benzene rings is 2. The Morgan fingerprint density at radius 2 is 1.67 bits per heavy atom. The van der Waals surface area contributed by atoms with E-state index in [9.17, 15) is 8.78 Å². The molecule has 0 aliphatic rings. The average molecular weight is 267 g/mol. The lowest BCUT2D eigenvalue weighted by molar-refractivity contribution is 0.506. The zero-order valence-electron chi connectivity index (χ0n) is 9.74. The van der Waals surface area contributed by atoms with E-state index >= 15 is 0 Å². The van der Waals surface area contributed by atoms with Crippen LogP contribution in [0.15, 0.2) is 48.5 Å². The van der Waals surface area contributed by atoms with Gasteiger partial charge in [-0.15, -0.1) is 11.6 Å². The van der Waals surface area contributed by atoms with E-state index in [0.717, 1.165) is 17.2 Å². The molecule has 0 saturated carbocycles. The Hall–Kier alpha value is -1.41. The lowest BCUT2D eigenvalue weighted by Crippen LogP contribution is -1.95. The maximum Gasteiger partial charge on any atom is 0.159 e. The third-order valence-electron chi connectivity index (χ3n) is 2.83. The number of hydrogen-bond donors (Lipinski definition) is 0. The molecule has 2 aromatic carbocycles. The standard InChI is InChI=1S/C15H13ClF2/c16-13(12-4-2-1-3-5-12)8-6-11-7-9-14(17)15(18)10-11/h1-5,7,9-10,13H,6,8H2. The van der Waals surface area contributed by atoms with Crippen LogP contribution in [0.4, 0.5) is 8.78 Å². The predicted molar refractivity (Wildman–Crippen MR) is 69.7 cm³/mol. The summed E-state index contributed by atoms with van der Waals surface area (Å²) in [6.07, 6.45) is 1.32. The summed E-state index contributed by atoms with van der Waals surface area (Å²) in [6, 6.07) is 13.7. The molecular formula is C15H13ClF2. The summed E-state index contributed by atoms with van der Waals surface area (Å²) >= 11 is 6.26. The van der Waals surface area contributed by atoms with Gasteiger partial charge in [0.05, 0.1) is 5.38 Å². The van der Waals surface area contributed by atoms with Crippen molar-refractivity contribution in [3.63, 3.8) is 0 Å². The summed E-state index contributed by atoms with van der Waals surface area (Å²) in [7, 11) is 0. The van der Waals surface area contributed by atoms with E-state index in [-0.39, 0.29) is 5.38 Å². The summed E-state index contributed by atoms with van der Waals surface area (Å²) in [6.45, 7) is 0. The number of hydrogen-bond acceptors (Lipinski definition) is 0. The topological polar surface area (TPSA) is 0 Å². The second kappa shape index (κ2) is 5.96. The molecule has 0 heterocycles. The van der Waals surface area contributed by atoms with Crippen LogP contribution in [0.3, 0.4) is 0 Å².